The van der Waals surface area contributed by atoms with E-state index in [1.165, 1.54) is 11.3 Å². The lowest BCUT2D eigenvalue weighted by atomic mass is 10.1. The molecule has 0 aliphatic carbocycles. The fourth-order valence-electron chi connectivity index (χ4n) is 2.56. The van der Waals surface area contributed by atoms with Crippen molar-refractivity contribution in [3.63, 3.8) is 0 Å². The minimum Gasteiger partial charge on any atom is -0.506 e. The number of nitrogens with zero attached hydrogens (tertiary/aromatic N) is 2. The number of phenols is 1. The number of aromatic nitrogens is 1. The summed E-state index contributed by atoms with van der Waals surface area (Å²) in [7, 11) is 0. The van der Waals surface area contributed by atoms with Crippen molar-refractivity contribution in [2.75, 3.05) is 6.79 Å². The molecular formula is C19H10Br2N2O3S. The minimum atomic E-state index is 0.116. The Morgan fingerprint density at radius 2 is 1.93 bits per heavy atom. The maximum Gasteiger partial charge on any atom is 0.231 e. The predicted molar refractivity (Wildman–Crippen MR) is 111 cm³/mol. The van der Waals surface area contributed by atoms with E-state index in [0.717, 1.165) is 22.6 Å². The van der Waals surface area contributed by atoms with Gasteiger partial charge in [0.25, 0.3) is 0 Å². The van der Waals surface area contributed by atoms with Crippen molar-refractivity contribution in [2.45, 2.75) is 0 Å². The summed E-state index contributed by atoms with van der Waals surface area (Å²) in [4.78, 5) is 4.59. The number of aromatic hydroxyl groups is 1. The first-order chi connectivity index (χ1) is 13.0. The molecule has 3 aromatic rings. The highest BCUT2D eigenvalue weighted by Gasteiger charge is 2.16. The number of allylic oxidation sites excluding steroid dienone is 1. The molecule has 8 heteroatoms. The zero-order valence-corrected chi connectivity index (χ0v) is 17.6. The molecule has 0 atom stereocenters. The highest BCUT2D eigenvalue weighted by molar-refractivity contribution is 9.11. The molecule has 1 aromatic heterocycles. The topological polar surface area (TPSA) is 75.4 Å². The molecule has 2 heterocycles. The first kappa shape index (κ1) is 18.0. The van der Waals surface area contributed by atoms with E-state index in [2.05, 4.69) is 42.9 Å². The highest BCUT2D eigenvalue weighted by atomic mass is 79.9. The van der Waals surface area contributed by atoms with Crippen LogP contribution >= 0.6 is 43.2 Å². The second-order valence-electron chi connectivity index (χ2n) is 5.61. The number of halogens is 2. The van der Waals surface area contributed by atoms with E-state index in [9.17, 15) is 10.4 Å². The molecule has 5 nitrogen and oxygen atoms in total. The van der Waals surface area contributed by atoms with Gasteiger partial charge >= 0.3 is 0 Å². The zero-order chi connectivity index (χ0) is 19.0. The molecule has 0 radical (unpaired) electrons. The van der Waals surface area contributed by atoms with E-state index in [1.807, 2.05) is 23.6 Å². The monoisotopic (exact) mass is 504 g/mol. The van der Waals surface area contributed by atoms with Crippen LogP contribution < -0.4 is 9.47 Å². The molecule has 0 saturated carbocycles. The lowest BCUT2D eigenvalue weighted by molar-refractivity contribution is 0.174. The van der Waals surface area contributed by atoms with Gasteiger partial charge in [-0.05, 0) is 73.8 Å². The fraction of sp³-hybridized carbons (Fsp3) is 0.0526. The number of ether oxygens (including phenoxy) is 2. The number of nitriles is 1. The molecule has 0 bridgehead atoms. The largest absolute Gasteiger partial charge is 0.506 e. The van der Waals surface area contributed by atoms with Gasteiger partial charge in [-0.1, -0.05) is 0 Å². The van der Waals surface area contributed by atoms with Crippen LogP contribution in [0.3, 0.4) is 0 Å². The van der Waals surface area contributed by atoms with Crippen LogP contribution in [0.5, 0.6) is 17.2 Å². The average Bonchev–Trinajstić information content (AvgIpc) is 3.32. The molecular weight excluding hydrogens is 496 g/mol. The number of benzene rings is 2. The summed E-state index contributed by atoms with van der Waals surface area (Å²) >= 11 is 7.99. The Bertz CT molecular complexity index is 1100. The standard InChI is InChI=1S/C19H10Br2N2O3S/c20-13-4-10(5-14(21)18(13)24)3-12(7-22)19-23-15(8-27-19)11-1-2-16-17(6-11)26-9-25-16/h1-6,8,24H,9H2/b12-3-. The number of fused-ring (bicyclic) bond motifs is 1. The van der Waals surface area contributed by atoms with E-state index in [4.69, 9.17) is 9.47 Å². The van der Waals surface area contributed by atoms with Gasteiger partial charge in [-0.3, -0.25) is 0 Å². The number of hydrogen-bond donors (Lipinski definition) is 1. The van der Waals surface area contributed by atoms with Crippen molar-refractivity contribution in [2.24, 2.45) is 0 Å². The first-order valence-electron chi connectivity index (χ1n) is 7.71. The van der Waals surface area contributed by atoms with Gasteiger partial charge in [0.2, 0.25) is 6.79 Å². The Labute approximate surface area is 175 Å². The van der Waals surface area contributed by atoms with Gasteiger partial charge < -0.3 is 14.6 Å². The second kappa shape index (κ2) is 7.35. The third kappa shape index (κ3) is 3.58. The molecule has 0 amide bonds. The number of thiazole rings is 1. The molecule has 1 aliphatic heterocycles. The Balaban J connectivity index is 1.68. The third-order valence-electron chi connectivity index (χ3n) is 3.87. The van der Waals surface area contributed by atoms with Crippen molar-refractivity contribution in [3.05, 3.63) is 55.2 Å². The third-order valence-corrected chi connectivity index (χ3v) is 5.96. The summed E-state index contributed by atoms with van der Waals surface area (Å²) in [6, 6.07) is 11.3. The zero-order valence-electron chi connectivity index (χ0n) is 13.6. The second-order valence-corrected chi connectivity index (χ2v) is 8.18. The van der Waals surface area contributed by atoms with Gasteiger partial charge in [0.05, 0.1) is 20.2 Å². The summed E-state index contributed by atoms with van der Waals surface area (Å²) in [6.45, 7) is 0.222. The molecule has 0 fully saturated rings. The Morgan fingerprint density at radius 1 is 1.19 bits per heavy atom. The van der Waals surface area contributed by atoms with Crippen molar-refractivity contribution >= 4 is 54.8 Å². The Morgan fingerprint density at radius 3 is 2.67 bits per heavy atom. The van der Waals surface area contributed by atoms with Crippen LogP contribution in [0.1, 0.15) is 10.6 Å². The molecule has 1 N–H and O–H groups in total. The SMILES string of the molecule is N#C/C(=C/c1cc(Br)c(O)c(Br)c1)c1nc(-c2ccc3c(c2)OCO3)cs1. The lowest BCUT2D eigenvalue weighted by Gasteiger charge is -2.03. The van der Waals surface area contributed by atoms with Gasteiger partial charge in [0, 0.05) is 10.9 Å². The molecule has 0 spiro atoms. The van der Waals surface area contributed by atoms with E-state index < -0.39 is 0 Å². The van der Waals surface area contributed by atoms with Gasteiger partial charge in [-0.15, -0.1) is 11.3 Å². The van der Waals surface area contributed by atoms with E-state index >= 15 is 0 Å². The van der Waals surface area contributed by atoms with Crippen LogP contribution in [0.4, 0.5) is 0 Å². The lowest BCUT2D eigenvalue weighted by Crippen LogP contribution is -1.92. The van der Waals surface area contributed by atoms with Crippen molar-refractivity contribution in [3.8, 4) is 34.6 Å². The highest BCUT2D eigenvalue weighted by Crippen LogP contribution is 2.37. The average molecular weight is 506 g/mol. The van der Waals surface area contributed by atoms with Crippen molar-refractivity contribution in [1.82, 2.24) is 4.98 Å². The molecule has 2 aromatic carbocycles. The van der Waals surface area contributed by atoms with Crippen LogP contribution in [0.2, 0.25) is 0 Å². The number of phenolic OH excluding ortho intramolecular Hbond substituents is 1. The summed E-state index contributed by atoms with van der Waals surface area (Å²) in [5, 5.41) is 21.9. The molecule has 134 valence electrons. The maximum absolute atomic E-state index is 9.83. The van der Waals surface area contributed by atoms with Crippen molar-refractivity contribution in [1.29, 1.82) is 5.26 Å². The quantitative estimate of drug-likeness (QED) is 0.453. The van der Waals surface area contributed by atoms with Crippen LogP contribution in [-0.2, 0) is 0 Å². The molecule has 0 unspecified atom stereocenters. The van der Waals surface area contributed by atoms with Crippen LogP contribution in [0, 0.1) is 11.3 Å². The normalized spacial score (nSPS) is 12.9. The predicted octanol–water partition coefficient (Wildman–Crippen LogP) is 5.83. The maximum atomic E-state index is 9.83. The van der Waals surface area contributed by atoms with E-state index in [-0.39, 0.29) is 12.5 Å². The van der Waals surface area contributed by atoms with Gasteiger partial charge in [0.1, 0.15) is 16.8 Å². The van der Waals surface area contributed by atoms with Gasteiger partial charge in [0.15, 0.2) is 11.5 Å². The number of rotatable bonds is 3. The smallest absolute Gasteiger partial charge is 0.231 e. The Kier molecular flexibility index (Phi) is 4.91. The summed E-state index contributed by atoms with van der Waals surface area (Å²) in [5.41, 5.74) is 2.87. The van der Waals surface area contributed by atoms with E-state index in [1.54, 1.807) is 18.2 Å². The summed E-state index contributed by atoms with van der Waals surface area (Å²) in [6.07, 6.45) is 1.73. The first-order valence-corrected chi connectivity index (χ1v) is 10.2. The van der Waals surface area contributed by atoms with Crippen LogP contribution in [-0.4, -0.2) is 16.9 Å². The molecule has 1 aliphatic rings. The van der Waals surface area contributed by atoms with E-state index in [0.29, 0.717) is 25.3 Å². The molecule has 0 saturated heterocycles. The summed E-state index contributed by atoms with van der Waals surface area (Å²) in [5.74, 6) is 1.53. The van der Waals surface area contributed by atoms with Crippen molar-refractivity contribution < 1.29 is 14.6 Å². The van der Waals surface area contributed by atoms with Crippen LogP contribution in [0.25, 0.3) is 22.9 Å². The van der Waals surface area contributed by atoms with Crippen LogP contribution in [0.15, 0.2) is 44.7 Å². The Hall–Kier alpha value is -2.34. The molecule has 4 rings (SSSR count). The molecule has 27 heavy (non-hydrogen) atoms. The minimum absolute atomic E-state index is 0.116. The summed E-state index contributed by atoms with van der Waals surface area (Å²) < 4.78 is 11.8. The fourth-order valence-corrected chi connectivity index (χ4v) is 4.58. The number of hydrogen-bond acceptors (Lipinski definition) is 6. The van der Waals surface area contributed by atoms with Gasteiger partial charge in [-0.25, -0.2) is 4.98 Å². The van der Waals surface area contributed by atoms with Gasteiger partial charge in [-0.2, -0.15) is 5.26 Å².